The zero-order valence-corrected chi connectivity index (χ0v) is 14.3. The summed E-state index contributed by atoms with van der Waals surface area (Å²) in [5.74, 6) is -0.0726. The first-order chi connectivity index (χ1) is 10.2. The summed E-state index contributed by atoms with van der Waals surface area (Å²) in [5, 5.41) is 0. The molecule has 0 aliphatic rings. The molecule has 2 aromatic rings. The van der Waals surface area contributed by atoms with E-state index in [0.717, 1.165) is 11.1 Å². The number of halogens is 1. The highest BCUT2D eigenvalue weighted by Crippen LogP contribution is 2.37. The largest absolute Gasteiger partial charge is 0.297 e. The summed E-state index contributed by atoms with van der Waals surface area (Å²) >= 11 is 6.58. The Bertz CT molecular complexity index is 466. The molecule has 2 aromatic carbocycles. The standard InChI is InChI=1S/C15H13ClO.2C2H6/c1-12(17)15(16,13-8-4-2-5-9-13)14-10-6-3-7-11-14;2*1-2/h2-11H,1H3;2*1-2H3. The number of rotatable bonds is 3. The number of carbonyl (C=O) groups excluding carboxylic acids is 1. The second kappa shape index (κ2) is 10.2. The summed E-state index contributed by atoms with van der Waals surface area (Å²) in [5.41, 5.74) is 1.61. The van der Waals surface area contributed by atoms with Crippen LogP contribution in [0.4, 0.5) is 0 Å². The van der Waals surface area contributed by atoms with E-state index in [1.165, 1.54) is 6.92 Å². The van der Waals surface area contributed by atoms with Crippen molar-refractivity contribution in [2.75, 3.05) is 0 Å². The molecule has 0 bridgehead atoms. The smallest absolute Gasteiger partial charge is 0.159 e. The molecule has 2 rings (SSSR count). The molecule has 0 radical (unpaired) electrons. The summed E-state index contributed by atoms with van der Waals surface area (Å²) in [6, 6.07) is 18.9. The van der Waals surface area contributed by atoms with Gasteiger partial charge in [-0.25, -0.2) is 0 Å². The third kappa shape index (κ3) is 4.71. The highest BCUT2D eigenvalue weighted by molar-refractivity contribution is 6.37. The molecule has 0 fully saturated rings. The van der Waals surface area contributed by atoms with Crippen LogP contribution in [0.15, 0.2) is 60.7 Å². The Morgan fingerprint density at radius 3 is 1.29 bits per heavy atom. The van der Waals surface area contributed by atoms with Gasteiger partial charge in [0.25, 0.3) is 0 Å². The van der Waals surface area contributed by atoms with Crippen LogP contribution in [0, 0.1) is 0 Å². The van der Waals surface area contributed by atoms with E-state index in [1.54, 1.807) is 0 Å². The van der Waals surface area contributed by atoms with E-state index in [2.05, 4.69) is 0 Å². The molecule has 0 saturated carbocycles. The first kappa shape index (κ1) is 19.4. The van der Waals surface area contributed by atoms with Crippen LogP contribution in [-0.4, -0.2) is 5.78 Å². The number of hydrogen-bond acceptors (Lipinski definition) is 1. The fraction of sp³-hybridized carbons (Fsp3) is 0.316. The predicted octanol–water partition coefficient (Wildman–Crippen LogP) is 5.81. The molecule has 0 spiro atoms. The van der Waals surface area contributed by atoms with Crippen LogP contribution >= 0.6 is 11.6 Å². The van der Waals surface area contributed by atoms with Crippen molar-refractivity contribution < 1.29 is 4.79 Å². The lowest BCUT2D eigenvalue weighted by Crippen LogP contribution is -2.29. The minimum absolute atomic E-state index is 0.0726. The highest BCUT2D eigenvalue weighted by Gasteiger charge is 2.36. The Morgan fingerprint density at radius 1 is 0.762 bits per heavy atom. The second-order valence-corrected chi connectivity index (χ2v) is 4.51. The lowest BCUT2D eigenvalue weighted by molar-refractivity contribution is -0.118. The van der Waals surface area contributed by atoms with E-state index in [-0.39, 0.29) is 5.78 Å². The summed E-state index contributed by atoms with van der Waals surface area (Å²) in [7, 11) is 0. The number of ketones is 1. The molecular weight excluding hydrogens is 280 g/mol. The quantitative estimate of drug-likeness (QED) is 0.654. The fourth-order valence-corrected chi connectivity index (χ4v) is 2.16. The van der Waals surface area contributed by atoms with Crippen LogP contribution in [0.5, 0.6) is 0 Å². The molecule has 0 atom stereocenters. The van der Waals surface area contributed by atoms with Crippen molar-refractivity contribution >= 4 is 17.4 Å². The number of benzene rings is 2. The van der Waals surface area contributed by atoms with Gasteiger partial charge >= 0.3 is 0 Å². The Kier molecular flexibility index (Phi) is 9.40. The molecule has 0 N–H and O–H groups in total. The Labute approximate surface area is 134 Å². The number of carbonyl (C=O) groups is 1. The predicted molar refractivity (Wildman–Crippen MR) is 92.9 cm³/mol. The van der Waals surface area contributed by atoms with Gasteiger partial charge in [0.1, 0.15) is 0 Å². The van der Waals surface area contributed by atoms with Gasteiger partial charge in [0.05, 0.1) is 0 Å². The minimum Gasteiger partial charge on any atom is -0.297 e. The SMILES string of the molecule is CC.CC.CC(=O)C(Cl)(c1ccccc1)c1ccccc1. The molecule has 0 aliphatic heterocycles. The highest BCUT2D eigenvalue weighted by atomic mass is 35.5. The van der Waals surface area contributed by atoms with Gasteiger partial charge in [-0.05, 0) is 18.1 Å². The van der Waals surface area contributed by atoms with Gasteiger partial charge in [0, 0.05) is 0 Å². The van der Waals surface area contributed by atoms with Crippen molar-refractivity contribution in [2.45, 2.75) is 39.5 Å². The molecule has 0 aromatic heterocycles. The lowest BCUT2D eigenvalue weighted by Gasteiger charge is -2.25. The number of Topliss-reactive ketones (excluding diaryl/α,β-unsaturated/α-hetero) is 1. The van der Waals surface area contributed by atoms with Crippen molar-refractivity contribution in [3.63, 3.8) is 0 Å². The summed E-state index contributed by atoms with van der Waals surface area (Å²) in [6.07, 6.45) is 0. The van der Waals surface area contributed by atoms with Crippen molar-refractivity contribution in [2.24, 2.45) is 0 Å². The van der Waals surface area contributed by atoms with Gasteiger partial charge in [0.15, 0.2) is 10.7 Å². The van der Waals surface area contributed by atoms with Crippen LogP contribution in [-0.2, 0) is 9.67 Å². The van der Waals surface area contributed by atoms with Gasteiger partial charge in [-0.15, -0.1) is 11.6 Å². The van der Waals surface area contributed by atoms with Crippen molar-refractivity contribution in [1.82, 2.24) is 0 Å². The fourth-order valence-electron chi connectivity index (χ4n) is 1.91. The third-order valence-electron chi connectivity index (χ3n) is 2.83. The Balaban J connectivity index is 0.000000921. The minimum atomic E-state index is -1.08. The maximum absolute atomic E-state index is 11.9. The molecule has 0 saturated heterocycles. The van der Waals surface area contributed by atoms with Gasteiger partial charge in [-0.1, -0.05) is 88.4 Å². The Hall–Kier alpha value is -1.60. The molecule has 0 amide bonds. The van der Waals surface area contributed by atoms with Crippen molar-refractivity contribution in [1.29, 1.82) is 0 Å². The van der Waals surface area contributed by atoms with Crippen LogP contribution in [0.3, 0.4) is 0 Å². The average Bonchev–Trinajstić information content (AvgIpc) is 2.59. The molecule has 21 heavy (non-hydrogen) atoms. The average molecular weight is 305 g/mol. The van der Waals surface area contributed by atoms with Crippen LogP contribution in [0.1, 0.15) is 45.7 Å². The van der Waals surface area contributed by atoms with E-state index < -0.39 is 4.87 Å². The molecular formula is C19H25ClO. The van der Waals surface area contributed by atoms with Crippen molar-refractivity contribution in [3.8, 4) is 0 Å². The first-order valence-electron chi connectivity index (χ1n) is 7.46. The summed E-state index contributed by atoms with van der Waals surface area (Å²) < 4.78 is 0. The first-order valence-corrected chi connectivity index (χ1v) is 7.84. The van der Waals surface area contributed by atoms with Crippen LogP contribution < -0.4 is 0 Å². The third-order valence-corrected chi connectivity index (χ3v) is 3.53. The Morgan fingerprint density at radius 2 is 1.05 bits per heavy atom. The summed E-state index contributed by atoms with van der Waals surface area (Å²) in [4.78, 5) is 10.9. The van der Waals surface area contributed by atoms with Gasteiger partial charge in [0.2, 0.25) is 0 Å². The zero-order valence-electron chi connectivity index (χ0n) is 13.6. The maximum Gasteiger partial charge on any atom is 0.159 e. The topological polar surface area (TPSA) is 17.1 Å². The van der Waals surface area contributed by atoms with E-state index in [4.69, 9.17) is 11.6 Å². The van der Waals surface area contributed by atoms with E-state index in [9.17, 15) is 4.79 Å². The molecule has 2 heteroatoms. The molecule has 1 nitrogen and oxygen atoms in total. The van der Waals surface area contributed by atoms with Crippen LogP contribution in [0.25, 0.3) is 0 Å². The van der Waals surface area contributed by atoms with Gasteiger partial charge < -0.3 is 0 Å². The van der Waals surface area contributed by atoms with Crippen LogP contribution in [0.2, 0.25) is 0 Å². The molecule has 114 valence electrons. The van der Waals surface area contributed by atoms with E-state index in [0.29, 0.717) is 0 Å². The second-order valence-electron chi connectivity index (χ2n) is 3.95. The number of alkyl halides is 1. The monoisotopic (exact) mass is 304 g/mol. The van der Waals surface area contributed by atoms with Gasteiger partial charge in [-0.2, -0.15) is 0 Å². The molecule has 0 unspecified atom stereocenters. The van der Waals surface area contributed by atoms with E-state index >= 15 is 0 Å². The maximum atomic E-state index is 11.9. The van der Waals surface area contributed by atoms with Crippen molar-refractivity contribution in [3.05, 3.63) is 71.8 Å². The van der Waals surface area contributed by atoms with Gasteiger partial charge in [-0.3, -0.25) is 4.79 Å². The molecule has 0 aliphatic carbocycles. The number of hydrogen-bond donors (Lipinski definition) is 0. The normalized spacial score (nSPS) is 9.62. The summed E-state index contributed by atoms with van der Waals surface area (Å²) in [6.45, 7) is 9.52. The molecule has 0 heterocycles. The lowest BCUT2D eigenvalue weighted by atomic mass is 9.87. The van der Waals surface area contributed by atoms with E-state index in [1.807, 2.05) is 88.4 Å². The zero-order chi connectivity index (χ0) is 16.3.